The smallest absolute Gasteiger partial charge is 0.183 e. The van der Waals surface area contributed by atoms with Crippen molar-refractivity contribution in [3.63, 3.8) is 0 Å². The van der Waals surface area contributed by atoms with Gasteiger partial charge in [-0.2, -0.15) is 0 Å². The van der Waals surface area contributed by atoms with Crippen LogP contribution >= 0.6 is 0 Å². The van der Waals surface area contributed by atoms with Crippen molar-refractivity contribution >= 4 is 11.5 Å². The highest BCUT2D eigenvalue weighted by atomic mass is 16.1. The topological polar surface area (TPSA) is 34.0 Å². The lowest BCUT2D eigenvalue weighted by Gasteiger charge is -2.15. The van der Waals surface area contributed by atoms with Gasteiger partial charge in [0.05, 0.1) is 6.54 Å². The zero-order valence-electron chi connectivity index (χ0n) is 15.3. The molecular weight excluding hydrogens is 296 g/mol. The molecule has 0 amide bonds. The molecule has 2 aromatic rings. The maximum atomic E-state index is 12.8. The van der Waals surface area contributed by atoms with Gasteiger partial charge in [-0.05, 0) is 56.7 Å². The molecule has 0 aliphatic heterocycles. The van der Waals surface area contributed by atoms with Gasteiger partial charge in [-0.25, -0.2) is 0 Å². The molecule has 1 fully saturated rings. The fourth-order valence-corrected chi connectivity index (χ4v) is 3.69. The molecule has 24 heavy (non-hydrogen) atoms. The summed E-state index contributed by atoms with van der Waals surface area (Å²) in [6, 6.07) is 9.07. The number of carbonyl (C=O) groups is 1. The van der Waals surface area contributed by atoms with Crippen LogP contribution in [0.3, 0.4) is 0 Å². The van der Waals surface area contributed by atoms with Crippen LogP contribution in [0.1, 0.15) is 65.6 Å². The highest BCUT2D eigenvalue weighted by molar-refractivity contribution is 6.00. The molecule has 1 saturated carbocycles. The second kappa shape index (κ2) is 6.84. The second-order valence-electron chi connectivity index (χ2n) is 6.82. The third-order valence-corrected chi connectivity index (χ3v) is 5.12. The fourth-order valence-electron chi connectivity index (χ4n) is 3.69. The van der Waals surface area contributed by atoms with Crippen molar-refractivity contribution in [2.75, 3.05) is 11.9 Å². The summed E-state index contributed by atoms with van der Waals surface area (Å²) in [6.07, 6.45) is 4.43. The number of benzene rings is 1. The van der Waals surface area contributed by atoms with Gasteiger partial charge in [0, 0.05) is 28.7 Å². The van der Waals surface area contributed by atoms with Crippen molar-refractivity contribution in [2.24, 2.45) is 0 Å². The molecule has 1 aliphatic carbocycles. The summed E-state index contributed by atoms with van der Waals surface area (Å²) in [6.45, 7) is 8.86. The van der Waals surface area contributed by atoms with Gasteiger partial charge >= 0.3 is 0 Å². The minimum atomic E-state index is 0.183. The van der Waals surface area contributed by atoms with Crippen molar-refractivity contribution in [1.29, 1.82) is 0 Å². The number of carbonyl (C=O) groups excluding carboxylic acids is 1. The molecule has 1 aromatic carbocycles. The van der Waals surface area contributed by atoms with E-state index in [9.17, 15) is 4.79 Å². The average Bonchev–Trinajstić information content (AvgIpc) is 3.37. The van der Waals surface area contributed by atoms with E-state index in [0.29, 0.717) is 12.6 Å². The van der Waals surface area contributed by atoms with Crippen molar-refractivity contribution in [3.05, 3.63) is 52.3 Å². The molecule has 128 valence electrons. The largest absolute Gasteiger partial charge is 0.377 e. The summed E-state index contributed by atoms with van der Waals surface area (Å²) in [4.78, 5) is 12.8. The standard InChI is InChI=1S/C21H28N2O/c1-5-16-8-7-9-17(6-2)21(16)22-13-20(24)19-12-14(3)23(15(19)4)18-10-11-18/h7-9,12,18,22H,5-6,10-11,13H2,1-4H3. The van der Waals surface area contributed by atoms with E-state index in [1.807, 2.05) is 0 Å². The lowest BCUT2D eigenvalue weighted by molar-refractivity contribution is 0.101. The lowest BCUT2D eigenvalue weighted by Crippen LogP contribution is -2.17. The number of anilines is 1. The number of nitrogens with one attached hydrogen (secondary N) is 1. The first-order valence-corrected chi connectivity index (χ1v) is 9.13. The monoisotopic (exact) mass is 324 g/mol. The average molecular weight is 324 g/mol. The SMILES string of the molecule is CCc1cccc(CC)c1NCC(=O)c1cc(C)n(C2CC2)c1C. The Hall–Kier alpha value is -2.03. The van der Waals surface area contributed by atoms with Gasteiger partial charge in [0.2, 0.25) is 0 Å². The van der Waals surface area contributed by atoms with Crippen molar-refractivity contribution in [2.45, 2.75) is 59.4 Å². The normalized spacial score (nSPS) is 14.0. The molecule has 3 heteroatoms. The molecule has 0 bridgehead atoms. The van der Waals surface area contributed by atoms with Crippen LogP contribution in [0.15, 0.2) is 24.3 Å². The zero-order valence-corrected chi connectivity index (χ0v) is 15.3. The summed E-state index contributed by atoms with van der Waals surface area (Å²) in [5, 5.41) is 3.42. The van der Waals surface area contributed by atoms with Crippen LogP contribution in [0.5, 0.6) is 0 Å². The Morgan fingerprint density at radius 2 is 1.79 bits per heavy atom. The van der Waals surface area contributed by atoms with Gasteiger partial charge in [0.15, 0.2) is 5.78 Å². The lowest BCUT2D eigenvalue weighted by atomic mass is 10.0. The number of ketones is 1. The molecule has 0 radical (unpaired) electrons. The summed E-state index contributed by atoms with van der Waals surface area (Å²) >= 11 is 0. The van der Waals surface area contributed by atoms with Crippen molar-refractivity contribution in [1.82, 2.24) is 4.57 Å². The summed E-state index contributed by atoms with van der Waals surface area (Å²) in [5.74, 6) is 0.183. The molecular formula is C21H28N2O. The molecule has 0 atom stereocenters. The highest BCUT2D eigenvalue weighted by Crippen LogP contribution is 2.38. The van der Waals surface area contributed by atoms with E-state index in [0.717, 1.165) is 29.8 Å². The maximum Gasteiger partial charge on any atom is 0.183 e. The third kappa shape index (κ3) is 3.12. The molecule has 1 aliphatic rings. The molecule has 0 unspecified atom stereocenters. The molecule has 1 aromatic heterocycles. The van der Waals surface area contributed by atoms with Gasteiger partial charge in [-0.3, -0.25) is 4.79 Å². The Bertz CT molecular complexity index is 731. The van der Waals surface area contributed by atoms with Gasteiger partial charge in [0.25, 0.3) is 0 Å². The maximum absolute atomic E-state index is 12.8. The molecule has 0 spiro atoms. The number of para-hydroxylation sites is 1. The quantitative estimate of drug-likeness (QED) is 0.738. The van der Waals surface area contributed by atoms with E-state index in [1.165, 1.54) is 29.7 Å². The number of hydrogen-bond acceptors (Lipinski definition) is 2. The first kappa shape index (κ1) is 16.8. The summed E-state index contributed by atoms with van der Waals surface area (Å²) in [5.41, 5.74) is 6.92. The number of nitrogens with zero attached hydrogens (tertiary/aromatic N) is 1. The number of aryl methyl sites for hydroxylation is 3. The van der Waals surface area contributed by atoms with Crippen molar-refractivity contribution in [3.8, 4) is 0 Å². The third-order valence-electron chi connectivity index (χ3n) is 5.12. The fraction of sp³-hybridized carbons (Fsp3) is 0.476. The first-order valence-electron chi connectivity index (χ1n) is 9.13. The van der Waals surface area contributed by atoms with Gasteiger partial charge in [-0.15, -0.1) is 0 Å². The van der Waals surface area contributed by atoms with Crippen LogP contribution in [0, 0.1) is 13.8 Å². The van der Waals surface area contributed by atoms with E-state index in [1.54, 1.807) is 0 Å². The van der Waals surface area contributed by atoms with E-state index in [2.05, 4.69) is 61.8 Å². The molecule has 1 heterocycles. The van der Waals surface area contributed by atoms with Crippen molar-refractivity contribution < 1.29 is 4.79 Å². The molecule has 1 N–H and O–H groups in total. The van der Waals surface area contributed by atoms with E-state index >= 15 is 0 Å². The Morgan fingerprint density at radius 3 is 2.33 bits per heavy atom. The number of Topliss-reactive ketones (excluding diaryl/α,β-unsaturated/α-hetero) is 1. The van der Waals surface area contributed by atoms with Gasteiger partial charge in [-0.1, -0.05) is 32.0 Å². The minimum Gasteiger partial charge on any atom is -0.377 e. The van der Waals surface area contributed by atoms with E-state index in [-0.39, 0.29) is 5.78 Å². The van der Waals surface area contributed by atoms with Crippen LogP contribution in [-0.2, 0) is 12.8 Å². The predicted molar refractivity (Wildman–Crippen MR) is 100 cm³/mol. The van der Waals surface area contributed by atoms with Gasteiger partial charge in [0.1, 0.15) is 0 Å². The van der Waals surface area contributed by atoms with Crippen LogP contribution < -0.4 is 5.32 Å². The Morgan fingerprint density at radius 1 is 1.17 bits per heavy atom. The number of rotatable bonds is 7. The second-order valence-corrected chi connectivity index (χ2v) is 6.82. The number of aromatic nitrogens is 1. The first-order chi connectivity index (χ1) is 11.6. The van der Waals surface area contributed by atoms with Crippen LogP contribution in [0.4, 0.5) is 5.69 Å². The van der Waals surface area contributed by atoms with Crippen LogP contribution in [-0.4, -0.2) is 16.9 Å². The molecule has 3 rings (SSSR count). The Labute approximate surface area is 145 Å². The van der Waals surface area contributed by atoms with E-state index < -0.39 is 0 Å². The summed E-state index contributed by atoms with van der Waals surface area (Å²) in [7, 11) is 0. The van der Waals surface area contributed by atoms with E-state index in [4.69, 9.17) is 0 Å². The molecule has 0 saturated heterocycles. The number of hydrogen-bond donors (Lipinski definition) is 1. The van der Waals surface area contributed by atoms with Crippen LogP contribution in [0.25, 0.3) is 0 Å². The van der Waals surface area contributed by atoms with Crippen LogP contribution in [0.2, 0.25) is 0 Å². The van der Waals surface area contributed by atoms with Gasteiger partial charge < -0.3 is 9.88 Å². The zero-order chi connectivity index (χ0) is 17.3. The summed E-state index contributed by atoms with van der Waals surface area (Å²) < 4.78 is 2.34. The Kier molecular flexibility index (Phi) is 4.79. The predicted octanol–water partition coefficient (Wildman–Crippen LogP) is 4.86. The molecule has 3 nitrogen and oxygen atoms in total. The minimum absolute atomic E-state index is 0.183. The Balaban J connectivity index is 1.78. The highest BCUT2D eigenvalue weighted by Gasteiger charge is 2.28.